The molecule has 0 aliphatic heterocycles. The Bertz CT molecular complexity index is 1260. The third-order valence-corrected chi connectivity index (χ3v) is 5.85. The third kappa shape index (κ3) is 5.58. The highest BCUT2D eigenvalue weighted by molar-refractivity contribution is 8.00. The van der Waals surface area contributed by atoms with E-state index in [1.165, 1.54) is 21.3 Å². The van der Waals surface area contributed by atoms with E-state index in [-0.39, 0.29) is 22.9 Å². The monoisotopic (exact) mass is 467 g/mol. The molecule has 9 nitrogen and oxygen atoms in total. The molecule has 3 rings (SSSR count). The number of hydrogen-bond acceptors (Lipinski definition) is 6. The molecule has 2 N–H and O–H groups in total. The molecule has 1 heterocycles. The predicted octanol–water partition coefficient (Wildman–Crippen LogP) is 2.06. The van der Waals surface area contributed by atoms with Crippen molar-refractivity contribution >= 4 is 40.3 Å². The van der Waals surface area contributed by atoms with Gasteiger partial charge in [0.15, 0.2) is 5.69 Å². The zero-order chi connectivity index (χ0) is 24.0. The van der Waals surface area contributed by atoms with Gasteiger partial charge in [-0.2, -0.15) is 5.10 Å². The summed E-state index contributed by atoms with van der Waals surface area (Å²) in [4.78, 5) is 52.2. The number of aryl methyl sites for hydroxylation is 1. The van der Waals surface area contributed by atoms with E-state index in [0.717, 1.165) is 0 Å². The van der Waals surface area contributed by atoms with Gasteiger partial charge >= 0.3 is 0 Å². The van der Waals surface area contributed by atoms with Crippen molar-refractivity contribution in [3.8, 4) is 0 Å². The third-order valence-electron chi connectivity index (χ3n) is 4.79. The lowest BCUT2D eigenvalue weighted by atomic mass is 10.1. The number of carbonyl (C=O) groups excluding carboxylic acids is 3. The maximum Gasteiger partial charge on any atom is 0.290 e. The SMILES string of the molecule is CCCn1nc(C(=O)NNC(=O)c2ccccc2SCC(=O)N(C)C)c2ccccc2c1=O. The number of nitrogens with one attached hydrogen (secondary N) is 2. The van der Waals surface area contributed by atoms with Crippen molar-refractivity contribution in [2.24, 2.45) is 0 Å². The lowest BCUT2D eigenvalue weighted by Gasteiger charge is -2.13. The Balaban J connectivity index is 1.79. The van der Waals surface area contributed by atoms with E-state index >= 15 is 0 Å². The molecule has 2 aromatic carbocycles. The minimum atomic E-state index is -0.641. The molecule has 0 bridgehead atoms. The van der Waals surface area contributed by atoms with Crippen LogP contribution in [0.25, 0.3) is 10.8 Å². The number of hydrogen-bond donors (Lipinski definition) is 2. The van der Waals surface area contributed by atoms with Gasteiger partial charge in [-0.05, 0) is 24.6 Å². The van der Waals surface area contributed by atoms with Gasteiger partial charge in [-0.3, -0.25) is 30.0 Å². The summed E-state index contributed by atoms with van der Waals surface area (Å²) in [5.41, 5.74) is 4.88. The number of thioether (sulfide) groups is 1. The van der Waals surface area contributed by atoms with Gasteiger partial charge in [0.05, 0.1) is 16.7 Å². The zero-order valence-electron chi connectivity index (χ0n) is 18.6. The lowest BCUT2D eigenvalue weighted by molar-refractivity contribution is -0.125. The van der Waals surface area contributed by atoms with Gasteiger partial charge in [0.25, 0.3) is 17.4 Å². The summed E-state index contributed by atoms with van der Waals surface area (Å²) < 4.78 is 1.26. The molecule has 0 spiro atoms. The van der Waals surface area contributed by atoms with E-state index < -0.39 is 11.8 Å². The molecule has 3 amide bonds. The highest BCUT2D eigenvalue weighted by atomic mass is 32.2. The largest absolute Gasteiger partial charge is 0.348 e. The van der Waals surface area contributed by atoms with E-state index in [2.05, 4.69) is 16.0 Å². The van der Waals surface area contributed by atoms with E-state index in [9.17, 15) is 19.2 Å². The summed E-state index contributed by atoms with van der Waals surface area (Å²) in [6.07, 6.45) is 0.674. The second-order valence-corrected chi connectivity index (χ2v) is 8.42. The summed E-state index contributed by atoms with van der Waals surface area (Å²) in [6.45, 7) is 2.28. The molecule has 0 saturated carbocycles. The summed E-state index contributed by atoms with van der Waals surface area (Å²) in [5, 5.41) is 5.00. The average Bonchev–Trinajstić information content (AvgIpc) is 2.82. The van der Waals surface area contributed by atoms with Gasteiger partial charge in [0.2, 0.25) is 5.91 Å². The summed E-state index contributed by atoms with van der Waals surface area (Å²) in [5.74, 6) is -1.07. The average molecular weight is 468 g/mol. The highest BCUT2D eigenvalue weighted by Gasteiger charge is 2.18. The standard InChI is InChI=1S/C23H25N5O4S/c1-4-13-28-23(32)16-10-6-5-9-15(16)20(26-28)22(31)25-24-21(30)17-11-7-8-12-18(17)33-14-19(29)27(2)3/h5-12H,4,13-14H2,1-3H3,(H,24,30)(H,25,31). The van der Waals surface area contributed by atoms with Crippen molar-refractivity contribution in [2.75, 3.05) is 19.8 Å². The Kier molecular flexibility index (Phi) is 7.83. The molecule has 0 saturated heterocycles. The van der Waals surface area contributed by atoms with Crippen molar-refractivity contribution in [3.05, 3.63) is 70.1 Å². The van der Waals surface area contributed by atoms with E-state index in [0.29, 0.717) is 34.2 Å². The number of carbonyl (C=O) groups is 3. The first-order chi connectivity index (χ1) is 15.8. The Morgan fingerprint density at radius 2 is 1.61 bits per heavy atom. The molecule has 0 fully saturated rings. The minimum absolute atomic E-state index is 0.0400. The van der Waals surface area contributed by atoms with Gasteiger partial charge in [0, 0.05) is 30.9 Å². The molecule has 33 heavy (non-hydrogen) atoms. The van der Waals surface area contributed by atoms with E-state index in [4.69, 9.17) is 0 Å². The van der Waals surface area contributed by atoms with Crippen molar-refractivity contribution < 1.29 is 14.4 Å². The van der Waals surface area contributed by atoms with Crippen molar-refractivity contribution in [1.82, 2.24) is 25.5 Å². The second kappa shape index (κ2) is 10.8. The zero-order valence-corrected chi connectivity index (χ0v) is 19.4. The van der Waals surface area contributed by atoms with E-state index in [1.807, 2.05) is 6.92 Å². The first kappa shape index (κ1) is 24.0. The van der Waals surface area contributed by atoms with Crippen LogP contribution in [-0.2, 0) is 11.3 Å². The van der Waals surface area contributed by atoms with Crippen molar-refractivity contribution in [2.45, 2.75) is 24.8 Å². The molecule has 1 aromatic heterocycles. The fraction of sp³-hybridized carbons (Fsp3) is 0.261. The number of benzene rings is 2. The Hall–Kier alpha value is -3.66. The summed E-state index contributed by atoms with van der Waals surface area (Å²) in [6, 6.07) is 13.5. The molecule has 0 unspecified atom stereocenters. The maximum absolute atomic E-state index is 12.9. The van der Waals surface area contributed by atoms with Crippen LogP contribution in [0.2, 0.25) is 0 Å². The number of rotatable bonds is 7. The normalized spacial score (nSPS) is 10.6. The predicted molar refractivity (Wildman–Crippen MR) is 127 cm³/mol. The number of amides is 3. The molecule has 3 aromatic rings. The van der Waals surface area contributed by atoms with Crippen molar-refractivity contribution in [3.63, 3.8) is 0 Å². The van der Waals surface area contributed by atoms with Crippen LogP contribution in [0.15, 0.2) is 58.2 Å². The number of nitrogens with zero attached hydrogens (tertiary/aromatic N) is 3. The van der Waals surface area contributed by atoms with Crippen LogP contribution in [0, 0.1) is 0 Å². The molecule has 0 atom stereocenters. The Morgan fingerprint density at radius 1 is 0.970 bits per heavy atom. The number of hydrazine groups is 1. The molecule has 0 aliphatic carbocycles. The molecule has 10 heteroatoms. The molecular weight excluding hydrogens is 442 g/mol. The minimum Gasteiger partial charge on any atom is -0.348 e. The fourth-order valence-electron chi connectivity index (χ4n) is 3.05. The highest BCUT2D eigenvalue weighted by Crippen LogP contribution is 2.22. The molecule has 0 radical (unpaired) electrons. The summed E-state index contributed by atoms with van der Waals surface area (Å²) in [7, 11) is 3.33. The van der Waals surface area contributed by atoms with Crippen LogP contribution in [0.5, 0.6) is 0 Å². The fourth-order valence-corrected chi connectivity index (χ4v) is 4.08. The molecule has 0 aliphatic rings. The van der Waals surface area contributed by atoms with Crippen LogP contribution >= 0.6 is 11.8 Å². The van der Waals surface area contributed by atoms with Gasteiger partial charge in [-0.1, -0.05) is 37.3 Å². The van der Waals surface area contributed by atoms with Gasteiger partial charge in [0.1, 0.15) is 0 Å². The van der Waals surface area contributed by atoms with E-state index in [1.54, 1.807) is 62.6 Å². The Labute approximate surface area is 195 Å². The van der Waals surface area contributed by atoms with Crippen LogP contribution in [0.1, 0.15) is 34.2 Å². The number of fused-ring (bicyclic) bond motifs is 1. The Morgan fingerprint density at radius 3 is 2.30 bits per heavy atom. The smallest absolute Gasteiger partial charge is 0.290 e. The molecular formula is C23H25N5O4S. The van der Waals surface area contributed by atoms with Crippen LogP contribution in [-0.4, -0.2) is 52.3 Å². The number of aromatic nitrogens is 2. The van der Waals surface area contributed by atoms with Gasteiger partial charge in [-0.15, -0.1) is 11.8 Å². The molecule has 172 valence electrons. The van der Waals surface area contributed by atoms with Gasteiger partial charge < -0.3 is 4.90 Å². The lowest BCUT2D eigenvalue weighted by Crippen LogP contribution is -2.43. The van der Waals surface area contributed by atoms with Crippen LogP contribution in [0.4, 0.5) is 0 Å². The first-order valence-electron chi connectivity index (χ1n) is 10.4. The second-order valence-electron chi connectivity index (χ2n) is 7.40. The summed E-state index contributed by atoms with van der Waals surface area (Å²) >= 11 is 1.24. The first-order valence-corrected chi connectivity index (χ1v) is 11.3. The van der Waals surface area contributed by atoms with Crippen molar-refractivity contribution in [1.29, 1.82) is 0 Å². The van der Waals surface area contributed by atoms with Crippen LogP contribution in [0.3, 0.4) is 0 Å². The maximum atomic E-state index is 12.9. The quantitative estimate of drug-likeness (QED) is 0.406. The van der Waals surface area contributed by atoms with Gasteiger partial charge in [-0.25, -0.2) is 4.68 Å². The van der Waals surface area contributed by atoms with Crippen LogP contribution < -0.4 is 16.4 Å². The topological polar surface area (TPSA) is 113 Å².